The lowest BCUT2D eigenvalue weighted by Crippen LogP contribution is -2.69. The van der Waals surface area contributed by atoms with Crippen LogP contribution in [0.3, 0.4) is 0 Å². The molecule has 10 heterocycles. The number of aliphatic hydroxyl groups is 1. The standard InChI is InChI=1S/C27H28IN5O2S.C21H25N5O/c1-31-15-19(13-30-31)24-16-33(36(34,35)22-6-4-3-5-7-22)26-23(24)11-20(14-29-26)27-12-17-8-18(25(27)28)10-21(9-17)32(27)2;1-25-11-14(8-24-25)18-10-23-20-17(18)6-15(9-22-20)21-7-12-3-13(19(21)27)5-16(4-12)26(21)2/h3-7,11,13-18,21,25H,8-10,12H2,1-2H3;6,8-13,16,19,27H,3-5,7H2,1-2H3,(H,22,23). The molecule has 15 heteroatoms. The number of alkyl halides is 1. The van der Waals surface area contributed by atoms with E-state index in [9.17, 15) is 13.5 Å². The van der Waals surface area contributed by atoms with Crippen LogP contribution in [-0.2, 0) is 35.2 Å². The number of hydrogen-bond acceptors (Lipinski definition) is 9. The van der Waals surface area contributed by atoms with Gasteiger partial charge in [-0.3, -0.25) is 19.2 Å². The molecule has 4 saturated heterocycles. The van der Waals surface area contributed by atoms with Gasteiger partial charge in [0.05, 0.1) is 34.5 Å². The highest BCUT2D eigenvalue weighted by Gasteiger charge is 2.62. The van der Waals surface area contributed by atoms with Crippen LogP contribution >= 0.6 is 22.6 Å². The van der Waals surface area contributed by atoms with E-state index in [4.69, 9.17) is 9.97 Å². The molecule has 326 valence electrons. The second-order valence-electron chi connectivity index (χ2n) is 19.7. The van der Waals surface area contributed by atoms with Crippen LogP contribution in [-0.4, -0.2) is 98.0 Å². The van der Waals surface area contributed by atoms with E-state index >= 15 is 0 Å². The molecule has 63 heavy (non-hydrogen) atoms. The number of aliphatic hydroxyl groups excluding tert-OH is 1. The summed E-state index contributed by atoms with van der Waals surface area (Å²) < 4.78 is 32.8. The normalized spacial score (nSPS) is 32.2. The lowest BCUT2D eigenvalue weighted by atomic mass is 9.55. The van der Waals surface area contributed by atoms with E-state index in [1.165, 1.54) is 41.6 Å². The first-order valence-corrected chi connectivity index (χ1v) is 25.1. The molecule has 2 N–H and O–H groups in total. The van der Waals surface area contributed by atoms with Crippen molar-refractivity contribution >= 4 is 54.7 Å². The number of piperidine rings is 4. The lowest BCUT2D eigenvalue weighted by Gasteiger charge is -2.65. The van der Waals surface area contributed by atoms with E-state index < -0.39 is 10.0 Å². The number of H-pyrrole nitrogens is 1. The van der Waals surface area contributed by atoms with Crippen LogP contribution in [0.25, 0.3) is 44.3 Å². The van der Waals surface area contributed by atoms with E-state index in [2.05, 4.69) is 73.8 Å². The number of nitrogens with one attached hydrogen (secondary N) is 1. The Kier molecular flexibility index (Phi) is 9.10. The van der Waals surface area contributed by atoms with Crippen LogP contribution in [0, 0.1) is 23.7 Å². The Labute approximate surface area is 381 Å². The van der Waals surface area contributed by atoms with Crippen LogP contribution in [0.5, 0.6) is 0 Å². The van der Waals surface area contributed by atoms with Gasteiger partial charge in [0.1, 0.15) is 5.65 Å². The van der Waals surface area contributed by atoms with Gasteiger partial charge in [-0.05, 0) is 125 Å². The zero-order valence-electron chi connectivity index (χ0n) is 36.0. The van der Waals surface area contributed by atoms with Gasteiger partial charge in [-0.1, -0.05) is 40.8 Å². The molecule has 10 unspecified atom stereocenters. The van der Waals surface area contributed by atoms with Crippen LogP contribution < -0.4 is 0 Å². The highest BCUT2D eigenvalue weighted by atomic mass is 127. The number of rotatable bonds is 6. The number of halogens is 1. The van der Waals surface area contributed by atoms with Gasteiger partial charge in [0.15, 0.2) is 5.65 Å². The summed E-state index contributed by atoms with van der Waals surface area (Å²) in [5.41, 5.74) is 7.28. The highest BCUT2D eigenvalue weighted by molar-refractivity contribution is 14.1. The number of likely N-dealkylation sites (N-methyl/N-ethyl adjacent to an activating group) is 1. The van der Waals surface area contributed by atoms with Gasteiger partial charge >= 0.3 is 0 Å². The number of fused-ring (bicyclic) bond motifs is 2. The van der Waals surface area contributed by atoms with Crippen molar-refractivity contribution in [3.8, 4) is 22.3 Å². The van der Waals surface area contributed by atoms with Crippen molar-refractivity contribution in [2.75, 3.05) is 14.1 Å². The molecule has 4 saturated carbocycles. The lowest BCUT2D eigenvalue weighted by molar-refractivity contribution is -0.191. The monoisotopic (exact) mass is 976 g/mol. The van der Waals surface area contributed by atoms with Gasteiger partial charge in [-0.2, -0.15) is 10.2 Å². The summed E-state index contributed by atoms with van der Waals surface area (Å²) in [6.07, 6.45) is 24.7. The number of nitrogens with zero attached hydrogens (tertiary/aromatic N) is 9. The minimum atomic E-state index is -3.81. The van der Waals surface area contributed by atoms with Gasteiger partial charge in [0.25, 0.3) is 10.0 Å². The van der Waals surface area contributed by atoms with Crippen LogP contribution in [0.4, 0.5) is 0 Å². The van der Waals surface area contributed by atoms with Crippen molar-refractivity contribution in [1.29, 1.82) is 0 Å². The predicted octanol–water partition coefficient (Wildman–Crippen LogP) is 7.46. The highest BCUT2D eigenvalue weighted by Crippen LogP contribution is 2.61. The average molecular weight is 977 g/mol. The average Bonchev–Trinajstić information content (AvgIpc) is 4.11. The van der Waals surface area contributed by atoms with E-state index in [0.29, 0.717) is 27.6 Å². The van der Waals surface area contributed by atoms with Gasteiger partial charge < -0.3 is 10.1 Å². The second kappa shape index (κ2) is 14.3. The molecule has 0 amide bonds. The molecule has 13 nitrogen and oxygen atoms in total. The summed E-state index contributed by atoms with van der Waals surface area (Å²) in [7, 11) is 4.48. The van der Waals surface area contributed by atoms with E-state index in [0.717, 1.165) is 81.3 Å². The zero-order chi connectivity index (χ0) is 43.2. The Balaban J connectivity index is 0.000000139. The third kappa shape index (κ3) is 5.84. The summed E-state index contributed by atoms with van der Waals surface area (Å²) in [6, 6.07) is 14.3. The fourth-order valence-electron chi connectivity index (χ4n) is 13.6. The topological polar surface area (TPSA) is 143 Å². The van der Waals surface area contributed by atoms with Crippen LogP contribution in [0.1, 0.15) is 62.5 Å². The number of aromatic nitrogens is 8. The second-order valence-corrected chi connectivity index (χ2v) is 22.8. The Hall–Kier alpha value is -4.42. The Bertz CT molecular complexity index is 2990. The molecule has 0 spiro atoms. The molecular formula is C48H53IN10O3S. The molecule has 0 radical (unpaired) electrons. The molecule has 10 atom stereocenters. The number of aryl methyl sites for hydroxylation is 2. The SMILES string of the molecule is CN1C2CC3CC(C2)C(I)C1(c1cnc2c(c1)c(-c1cnn(C)c1)cn2S(=O)(=O)c1ccccc1)C3.CN1C2CC3CC(C2)C(O)C1(c1cnc2[nH]cc(-c4cnn(C)c4)c2c1)C3. The summed E-state index contributed by atoms with van der Waals surface area (Å²) >= 11 is 2.69. The predicted molar refractivity (Wildman–Crippen MR) is 250 cm³/mol. The molecule has 8 aliphatic rings. The van der Waals surface area contributed by atoms with Gasteiger partial charge in [-0.15, -0.1) is 0 Å². The van der Waals surface area contributed by atoms with Crippen molar-refractivity contribution in [2.45, 2.75) is 89.5 Å². The van der Waals surface area contributed by atoms with Crippen molar-refractivity contribution in [2.24, 2.45) is 37.8 Å². The molecule has 1 aromatic carbocycles. The molecule has 15 rings (SSSR count). The van der Waals surface area contributed by atoms with Crippen molar-refractivity contribution in [3.63, 3.8) is 0 Å². The minimum absolute atomic E-state index is 0.0664. The molecule has 7 aromatic rings. The Morgan fingerprint density at radius 2 is 1.32 bits per heavy atom. The summed E-state index contributed by atoms with van der Waals surface area (Å²) in [4.78, 5) is 18.2. The molecule has 4 aliphatic carbocycles. The quantitative estimate of drug-likeness (QED) is 0.128. The molecule has 6 aromatic heterocycles. The van der Waals surface area contributed by atoms with Gasteiger partial charge in [0, 0.05) is 100 Å². The maximum atomic E-state index is 13.7. The largest absolute Gasteiger partial charge is 0.391 e. The van der Waals surface area contributed by atoms with Crippen molar-refractivity contribution < 1.29 is 13.5 Å². The third-order valence-corrected chi connectivity index (χ3v) is 20.2. The number of pyridine rings is 2. The van der Waals surface area contributed by atoms with Gasteiger partial charge in [-0.25, -0.2) is 22.4 Å². The third-order valence-electron chi connectivity index (χ3n) is 16.5. The van der Waals surface area contributed by atoms with E-state index in [1.807, 2.05) is 62.0 Å². The number of benzene rings is 1. The minimum Gasteiger partial charge on any atom is -0.391 e. The first-order valence-electron chi connectivity index (χ1n) is 22.4. The summed E-state index contributed by atoms with van der Waals surface area (Å²) in [6.45, 7) is 0. The zero-order valence-corrected chi connectivity index (χ0v) is 39.0. The first kappa shape index (κ1) is 40.1. The Morgan fingerprint density at radius 3 is 2.02 bits per heavy atom. The molecule has 4 aliphatic heterocycles. The molecule has 8 fully saturated rings. The Morgan fingerprint density at radius 1 is 0.714 bits per heavy atom. The fraction of sp³-hybridized carbons (Fsp3) is 0.458. The number of aromatic amines is 1. The van der Waals surface area contributed by atoms with Crippen LogP contribution in [0.15, 0.2) is 96.9 Å². The first-order chi connectivity index (χ1) is 30.3. The van der Waals surface area contributed by atoms with E-state index in [1.54, 1.807) is 41.3 Å². The molecule has 8 bridgehead atoms. The fourth-order valence-corrected chi connectivity index (χ4v) is 16.6. The van der Waals surface area contributed by atoms with Crippen LogP contribution in [0.2, 0.25) is 0 Å². The van der Waals surface area contributed by atoms with Crippen molar-refractivity contribution in [1.82, 2.24) is 48.3 Å². The van der Waals surface area contributed by atoms with Gasteiger partial charge in [0.2, 0.25) is 0 Å². The summed E-state index contributed by atoms with van der Waals surface area (Å²) in [5.74, 6) is 2.65. The maximum Gasteiger partial charge on any atom is 0.269 e. The summed E-state index contributed by atoms with van der Waals surface area (Å²) in [5, 5.41) is 22.0. The molecular weight excluding hydrogens is 924 g/mol. The smallest absolute Gasteiger partial charge is 0.269 e. The number of hydrogen-bond donors (Lipinski definition) is 2. The van der Waals surface area contributed by atoms with Crippen molar-refractivity contribution in [3.05, 3.63) is 103 Å². The van der Waals surface area contributed by atoms with E-state index in [-0.39, 0.29) is 22.1 Å². The maximum absolute atomic E-state index is 13.7.